The van der Waals surface area contributed by atoms with Gasteiger partial charge >= 0.3 is 0 Å². The number of anilines is 1. The van der Waals surface area contributed by atoms with E-state index < -0.39 is 20.7 Å². The predicted molar refractivity (Wildman–Crippen MR) is 103 cm³/mol. The highest BCUT2D eigenvalue weighted by Gasteiger charge is 2.19. The van der Waals surface area contributed by atoms with Crippen molar-refractivity contribution in [3.63, 3.8) is 0 Å². The molecule has 0 radical (unpaired) electrons. The van der Waals surface area contributed by atoms with Crippen LogP contribution in [0.1, 0.15) is 5.56 Å². The number of imidazole rings is 1. The van der Waals surface area contributed by atoms with Gasteiger partial charge in [-0.2, -0.15) is 0 Å². The number of rotatable bonds is 4. The van der Waals surface area contributed by atoms with Crippen LogP contribution in [0.4, 0.5) is 10.1 Å². The topological polar surface area (TPSA) is 63.5 Å². The van der Waals surface area contributed by atoms with Crippen molar-refractivity contribution in [2.24, 2.45) is 0 Å². The first-order valence-corrected chi connectivity index (χ1v) is 9.74. The maximum atomic E-state index is 13.9. The van der Waals surface area contributed by atoms with Gasteiger partial charge in [0.15, 0.2) is 0 Å². The van der Waals surface area contributed by atoms with Crippen LogP contribution in [0.3, 0.4) is 0 Å². The Kier molecular flexibility index (Phi) is 4.16. The predicted octanol–water partition coefficient (Wildman–Crippen LogP) is 4.25. The van der Waals surface area contributed by atoms with Crippen LogP contribution in [0.25, 0.3) is 16.9 Å². The van der Waals surface area contributed by atoms with Crippen LogP contribution in [0.5, 0.6) is 0 Å². The molecular weight excluding hydrogens is 365 g/mol. The van der Waals surface area contributed by atoms with E-state index in [1.807, 2.05) is 41.9 Å². The summed E-state index contributed by atoms with van der Waals surface area (Å²) < 4.78 is 43.2. The molecule has 0 saturated heterocycles. The molecule has 0 saturated carbocycles. The molecule has 1 N–H and O–H groups in total. The minimum absolute atomic E-state index is 0.338. The molecule has 5 nitrogen and oxygen atoms in total. The smallest absolute Gasteiger partial charge is 0.264 e. The molecule has 0 spiro atoms. The van der Waals surface area contributed by atoms with Crippen LogP contribution in [-0.4, -0.2) is 17.8 Å². The lowest BCUT2D eigenvalue weighted by Crippen LogP contribution is -2.14. The summed E-state index contributed by atoms with van der Waals surface area (Å²) in [5.74, 6) is -0.794. The van der Waals surface area contributed by atoms with E-state index in [0.29, 0.717) is 5.69 Å². The number of aromatic nitrogens is 2. The number of nitrogens with zero attached hydrogens (tertiary/aromatic N) is 2. The van der Waals surface area contributed by atoms with E-state index in [1.54, 1.807) is 18.2 Å². The standard InChI is InChI=1S/C20H16FN3O2S/c1-14-6-5-11-24-13-18(22-20(14)24)15-7-4-8-16(12-15)23-27(25,26)19-10-3-2-9-17(19)21/h2-13,23H,1H3. The summed E-state index contributed by atoms with van der Waals surface area (Å²) >= 11 is 0. The number of hydrogen-bond acceptors (Lipinski definition) is 3. The van der Waals surface area contributed by atoms with Crippen LogP contribution in [-0.2, 0) is 10.0 Å². The first-order chi connectivity index (χ1) is 12.9. The SMILES string of the molecule is Cc1cccn2cc(-c3cccc(NS(=O)(=O)c4ccccc4F)c3)nc12. The van der Waals surface area contributed by atoms with E-state index in [2.05, 4.69) is 9.71 Å². The fraction of sp³-hybridized carbons (Fsp3) is 0.0500. The van der Waals surface area contributed by atoms with Crippen LogP contribution in [0, 0.1) is 12.7 Å². The van der Waals surface area contributed by atoms with E-state index in [1.165, 1.54) is 18.2 Å². The highest BCUT2D eigenvalue weighted by Crippen LogP contribution is 2.25. The number of nitrogens with one attached hydrogen (secondary N) is 1. The van der Waals surface area contributed by atoms with Crippen molar-refractivity contribution in [3.05, 3.63) is 84.4 Å². The lowest BCUT2D eigenvalue weighted by Gasteiger charge is -2.09. The molecule has 2 aromatic heterocycles. The summed E-state index contributed by atoms with van der Waals surface area (Å²) in [4.78, 5) is 4.23. The zero-order valence-electron chi connectivity index (χ0n) is 14.4. The fourth-order valence-electron chi connectivity index (χ4n) is 2.91. The normalized spacial score (nSPS) is 11.6. The molecule has 0 amide bonds. The van der Waals surface area contributed by atoms with Crippen molar-refractivity contribution in [3.8, 4) is 11.3 Å². The number of benzene rings is 2. The summed E-state index contributed by atoms with van der Waals surface area (Å²) in [6.45, 7) is 1.98. The molecule has 0 aliphatic rings. The van der Waals surface area contributed by atoms with Gasteiger partial charge in [-0.05, 0) is 42.8 Å². The number of sulfonamides is 1. The molecule has 4 rings (SSSR count). The van der Waals surface area contributed by atoms with Gasteiger partial charge in [-0.25, -0.2) is 17.8 Å². The first-order valence-electron chi connectivity index (χ1n) is 8.26. The number of halogens is 1. The van der Waals surface area contributed by atoms with E-state index in [-0.39, 0.29) is 0 Å². The molecule has 0 unspecified atom stereocenters. The van der Waals surface area contributed by atoms with Crippen LogP contribution >= 0.6 is 0 Å². The van der Waals surface area contributed by atoms with Gasteiger partial charge in [-0.3, -0.25) is 4.72 Å². The Morgan fingerprint density at radius 3 is 2.63 bits per heavy atom. The lowest BCUT2D eigenvalue weighted by molar-refractivity contribution is 0.570. The summed E-state index contributed by atoms with van der Waals surface area (Å²) in [6, 6.07) is 16.0. The Morgan fingerprint density at radius 2 is 1.85 bits per heavy atom. The highest BCUT2D eigenvalue weighted by atomic mass is 32.2. The summed E-state index contributed by atoms with van der Waals surface area (Å²) in [6.07, 6.45) is 3.79. The first kappa shape index (κ1) is 17.2. The average molecular weight is 381 g/mol. The van der Waals surface area contributed by atoms with Crippen molar-refractivity contribution in [1.29, 1.82) is 0 Å². The largest absolute Gasteiger partial charge is 0.306 e. The Labute approximate surface area is 156 Å². The van der Waals surface area contributed by atoms with E-state index >= 15 is 0 Å². The lowest BCUT2D eigenvalue weighted by atomic mass is 10.1. The van der Waals surface area contributed by atoms with Gasteiger partial charge in [-0.1, -0.05) is 30.3 Å². The molecule has 136 valence electrons. The van der Waals surface area contributed by atoms with Gasteiger partial charge in [0, 0.05) is 23.6 Å². The molecule has 0 fully saturated rings. The quantitative estimate of drug-likeness (QED) is 0.575. The molecule has 7 heteroatoms. The summed E-state index contributed by atoms with van der Waals surface area (Å²) in [7, 11) is -4.02. The van der Waals surface area contributed by atoms with Crippen molar-refractivity contribution >= 4 is 21.4 Å². The second-order valence-corrected chi connectivity index (χ2v) is 7.82. The molecule has 4 aromatic rings. The van der Waals surface area contributed by atoms with Crippen molar-refractivity contribution < 1.29 is 12.8 Å². The molecular formula is C20H16FN3O2S. The third kappa shape index (κ3) is 3.29. The second-order valence-electron chi connectivity index (χ2n) is 6.16. The minimum atomic E-state index is -4.02. The van der Waals surface area contributed by atoms with E-state index in [0.717, 1.165) is 28.5 Å². The molecule has 0 aliphatic heterocycles. The number of aryl methyl sites for hydroxylation is 1. The minimum Gasteiger partial charge on any atom is -0.306 e. The van der Waals surface area contributed by atoms with Gasteiger partial charge in [0.25, 0.3) is 10.0 Å². The zero-order chi connectivity index (χ0) is 19.0. The van der Waals surface area contributed by atoms with Crippen LogP contribution in [0.2, 0.25) is 0 Å². The molecule has 0 aliphatic carbocycles. The Bertz CT molecular complexity index is 1250. The molecule has 0 bridgehead atoms. The summed E-state index contributed by atoms with van der Waals surface area (Å²) in [5, 5.41) is 0. The third-order valence-electron chi connectivity index (χ3n) is 4.21. The Hall–Kier alpha value is -3.19. The van der Waals surface area contributed by atoms with Crippen LogP contribution in [0.15, 0.2) is 78.0 Å². The zero-order valence-corrected chi connectivity index (χ0v) is 15.2. The Balaban J connectivity index is 1.70. The second kappa shape index (κ2) is 6.51. The van der Waals surface area contributed by atoms with Crippen LogP contribution < -0.4 is 4.72 Å². The van der Waals surface area contributed by atoms with Gasteiger partial charge in [0.05, 0.1) is 5.69 Å². The van der Waals surface area contributed by atoms with Crippen molar-refractivity contribution in [1.82, 2.24) is 9.38 Å². The van der Waals surface area contributed by atoms with Gasteiger partial charge in [-0.15, -0.1) is 0 Å². The average Bonchev–Trinajstić information content (AvgIpc) is 3.08. The number of pyridine rings is 1. The molecule has 27 heavy (non-hydrogen) atoms. The summed E-state index contributed by atoms with van der Waals surface area (Å²) in [5.41, 5.74) is 3.69. The maximum absolute atomic E-state index is 13.9. The molecule has 0 atom stereocenters. The molecule has 2 aromatic carbocycles. The monoisotopic (exact) mass is 381 g/mol. The van der Waals surface area contributed by atoms with Gasteiger partial charge in [0.2, 0.25) is 0 Å². The van der Waals surface area contributed by atoms with E-state index in [9.17, 15) is 12.8 Å². The third-order valence-corrected chi connectivity index (χ3v) is 5.63. The van der Waals surface area contributed by atoms with Crippen molar-refractivity contribution in [2.45, 2.75) is 11.8 Å². The molecule has 2 heterocycles. The highest BCUT2D eigenvalue weighted by molar-refractivity contribution is 7.92. The van der Waals surface area contributed by atoms with E-state index in [4.69, 9.17) is 0 Å². The van der Waals surface area contributed by atoms with Gasteiger partial charge < -0.3 is 4.40 Å². The number of hydrogen-bond donors (Lipinski definition) is 1. The fourth-order valence-corrected chi connectivity index (χ4v) is 4.04. The maximum Gasteiger partial charge on any atom is 0.264 e. The van der Waals surface area contributed by atoms with Crippen molar-refractivity contribution in [2.75, 3.05) is 4.72 Å². The number of fused-ring (bicyclic) bond motifs is 1. The van der Waals surface area contributed by atoms with Gasteiger partial charge in [0.1, 0.15) is 16.4 Å². The Morgan fingerprint density at radius 1 is 1.04 bits per heavy atom.